The molecule has 0 aliphatic carbocycles. The van der Waals surface area contributed by atoms with Crippen molar-refractivity contribution < 1.29 is 22.7 Å². The highest BCUT2D eigenvalue weighted by Gasteiger charge is 2.32. The largest absolute Gasteiger partial charge is 0.465 e. The summed E-state index contributed by atoms with van der Waals surface area (Å²) in [7, 11) is -2.59. The fourth-order valence-corrected chi connectivity index (χ4v) is 6.96. The number of amides is 1. The number of aryl methyl sites for hydroxylation is 1. The zero-order valence-corrected chi connectivity index (χ0v) is 19.2. The molecule has 0 saturated heterocycles. The third-order valence-corrected chi connectivity index (χ3v) is 8.92. The number of hydrogen-bond acceptors (Lipinski definition) is 8. The van der Waals surface area contributed by atoms with Gasteiger partial charge in [-0.15, -0.1) is 11.3 Å². The van der Waals surface area contributed by atoms with Gasteiger partial charge >= 0.3 is 5.97 Å². The molecular weight excluding hydrogens is 458 g/mol. The van der Waals surface area contributed by atoms with Crippen LogP contribution in [0.5, 0.6) is 0 Å². The van der Waals surface area contributed by atoms with Crippen molar-refractivity contribution in [2.75, 3.05) is 19.0 Å². The summed E-state index contributed by atoms with van der Waals surface area (Å²) >= 11 is 2.02. The van der Waals surface area contributed by atoms with Crippen LogP contribution in [0.15, 0.2) is 40.6 Å². The van der Waals surface area contributed by atoms with Gasteiger partial charge in [-0.2, -0.15) is 4.31 Å². The van der Waals surface area contributed by atoms with Gasteiger partial charge in [0, 0.05) is 13.1 Å². The molecule has 3 aromatic rings. The summed E-state index contributed by atoms with van der Waals surface area (Å²) in [5.41, 5.74) is 2.53. The number of anilines is 1. The van der Waals surface area contributed by atoms with Crippen molar-refractivity contribution in [2.24, 2.45) is 0 Å². The standard InChI is InChI=1S/C20H19N3O5S3/c1-12-16(19(25)28-2)30-20(21-12)22-18(24)17-15(8-10-29-17)31(26,27)23-9-7-13-5-3-4-6-14(13)11-23/h3-6,8,10H,7,9,11H2,1-2H3,(H,21,22,24). The predicted molar refractivity (Wildman–Crippen MR) is 118 cm³/mol. The number of hydrogen-bond donors (Lipinski definition) is 1. The van der Waals surface area contributed by atoms with Crippen LogP contribution in [0, 0.1) is 6.92 Å². The van der Waals surface area contributed by atoms with E-state index < -0.39 is 21.9 Å². The van der Waals surface area contributed by atoms with Crippen LogP contribution in [-0.4, -0.2) is 43.2 Å². The average Bonchev–Trinajstić information content (AvgIpc) is 3.40. The number of carbonyl (C=O) groups is 2. The molecule has 0 atom stereocenters. The molecule has 0 radical (unpaired) electrons. The monoisotopic (exact) mass is 477 g/mol. The molecule has 8 nitrogen and oxygen atoms in total. The van der Waals surface area contributed by atoms with E-state index in [0.717, 1.165) is 33.8 Å². The Bertz CT molecular complexity index is 1260. The Balaban J connectivity index is 1.57. The molecular formula is C20H19N3O5S3. The summed E-state index contributed by atoms with van der Waals surface area (Å²) in [5.74, 6) is -1.13. The number of thiazole rings is 1. The number of esters is 1. The first kappa shape index (κ1) is 21.6. The SMILES string of the molecule is COC(=O)c1sc(NC(=O)c2sccc2S(=O)(=O)N2CCc3ccccc3C2)nc1C. The van der Waals surface area contributed by atoms with E-state index in [1.165, 1.54) is 17.5 Å². The van der Waals surface area contributed by atoms with E-state index >= 15 is 0 Å². The fraction of sp³-hybridized carbons (Fsp3) is 0.250. The average molecular weight is 478 g/mol. The van der Waals surface area contributed by atoms with Gasteiger partial charge in [0.15, 0.2) is 5.13 Å². The number of carbonyl (C=O) groups excluding carboxylic acids is 2. The van der Waals surface area contributed by atoms with Crippen LogP contribution in [-0.2, 0) is 27.7 Å². The predicted octanol–water partition coefficient (Wildman–Crippen LogP) is 3.30. The van der Waals surface area contributed by atoms with Gasteiger partial charge in [0.25, 0.3) is 5.91 Å². The number of sulfonamides is 1. The van der Waals surface area contributed by atoms with Crippen LogP contribution in [0.4, 0.5) is 5.13 Å². The van der Waals surface area contributed by atoms with E-state index in [4.69, 9.17) is 4.74 Å². The molecule has 0 fully saturated rings. The minimum Gasteiger partial charge on any atom is -0.465 e. The maximum absolute atomic E-state index is 13.3. The molecule has 0 unspecified atom stereocenters. The van der Waals surface area contributed by atoms with E-state index in [1.54, 1.807) is 12.3 Å². The van der Waals surface area contributed by atoms with E-state index in [-0.39, 0.29) is 26.3 Å². The van der Waals surface area contributed by atoms with E-state index in [2.05, 4.69) is 10.3 Å². The Morgan fingerprint density at radius 3 is 2.65 bits per heavy atom. The highest BCUT2D eigenvalue weighted by molar-refractivity contribution is 7.89. The van der Waals surface area contributed by atoms with E-state index in [1.807, 2.05) is 24.3 Å². The molecule has 11 heteroatoms. The molecule has 162 valence electrons. The summed E-state index contributed by atoms with van der Waals surface area (Å²) in [5, 5.41) is 4.38. The number of ether oxygens (including phenoxy) is 1. The van der Waals surface area contributed by atoms with Crippen LogP contribution in [0.2, 0.25) is 0 Å². The molecule has 0 spiro atoms. The number of thiophene rings is 1. The van der Waals surface area contributed by atoms with Crippen LogP contribution in [0.1, 0.15) is 36.2 Å². The van der Waals surface area contributed by atoms with Gasteiger partial charge in [-0.3, -0.25) is 10.1 Å². The van der Waals surface area contributed by atoms with Gasteiger partial charge in [0.05, 0.1) is 12.8 Å². The van der Waals surface area contributed by atoms with Crippen LogP contribution in [0.3, 0.4) is 0 Å². The molecule has 3 heterocycles. The van der Waals surface area contributed by atoms with Crippen molar-refractivity contribution in [2.45, 2.75) is 24.8 Å². The normalized spacial score (nSPS) is 14.1. The van der Waals surface area contributed by atoms with Crippen molar-refractivity contribution in [3.63, 3.8) is 0 Å². The van der Waals surface area contributed by atoms with Crippen molar-refractivity contribution in [1.29, 1.82) is 0 Å². The van der Waals surface area contributed by atoms with E-state index in [9.17, 15) is 18.0 Å². The zero-order chi connectivity index (χ0) is 22.2. The fourth-order valence-electron chi connectivity index (χ4n) is 3.37. The first-order valence-corrected chi connectivity index (χ1v) is 12.5. The number of aromatic nitrogens is 1. The van der Waals surface area contributed by atoms with Crippen LogP contribution < -0.4 is 5.32 Å². The molecule has 1 aliphatic heterocycles. The highest BCUT2D eigenvalue weighted by atomic mass is 32.2. The number of nitrogens with one attached hydrogen (secondary N) is 1. The number of methoxy groups -OCH3 is 1. The second-order valence-electron chi connectivity index (χ2n) is 6.85. The number of benzene rings is 1. The van der Waals surface area contributed by atoms with E-state index in [0.29, 0.717) is 18.7 Å². The molecule has 1 amide bonds. The second-order valence-corrected chi connectivity index (χ2v) is 10.7. The minimum atomic E-state index is -3.86. The van der Waals surface area contributed by atoms with Crippen molar-refractivity contribution in [1.82, 2.24) is 9.29 Å². The third kappa shape index (κ3) is 4.13. The summed E-state index contributed by atoms with van der Waals surface area (Å²) in [4.78, 5) is 29.1. The quantitative estimate of drug-likeness (QED) is 0.565. The van der Waals surface area contributed by atoms with Gasteiger partial charge in [0.1, 0.15) is 14.6 Å². The Labute approximate surface area is 187 Å². The minimum absolute atomic E-state index is 0.0316. The summed E-state index contributed by atoms with van der Waals surface area (Å²) in [6.45, 7) is 2.25. The molecule has 4 rings (SSSR count). The van der Waals surface area contributed by atoms with Gasteiger partial charge < -0.3 is 4.74 Å². The summed E-state index contributed by atoms with van der Waals surface area (Å²) < 4.78 is 32.7. The summed E-state index contributed by atoms with van der Waals surface area (Å²) in [6.07, 6.45) is 0.621. The topological polar surface area (TPSA) is 106 Å². The molecule has 0 saturated carbocycles. The first-order valence-electron chi connectivity index (χ1n) is 9.32. The van der Waals surface area contributed by atoms with Gasteiger partial charge in [-0.05, 0) is 35.9 Å². The Morgan fingerprint density at radius 2 is 1.90 bits per heavy atom. The zero-order valence-electron chi connectivity index (χ0n) is 16.7. The molecule has 1 aliphatic rings. The second kappa shape index (κ2) is 8.50. The summed E-state index contributed by atoms with van der Waals surface area (Å²) in [6, 6.07) is 9.19. The van der Waals surface area contributed by atoms with Crippen LogP contribution in [0.25, 0.3) is 0 Å². The van der Waals surface area contributed by atoms with Gasteiger partial charge in [-0.1, -0.05) is 35.6 Å². The smallest absolute Gasteiger partial charge is 0.350 e. The lowest BCUT2D eigenvalue weighted by atomic mass is 10.0. The third-order valence-electron chi connectivity index (χ3n) is 4.94. The van der Waals surface area contributed by atoms with Gasteiger partial charge in [-0.25, -0.2) is 18.2 Å². The Kier molecular flexibility index (Phi) is 5.93. The molecule has 0 bridgehead atoms. The first-order chi connectivity index (χ1) is 14.8. The molecule has 1 aromatic carbocycles. The van der Waals surface area contributed by atoms with Crippen molar-refractivity contribution in [3.05, 3.63) is 62.3 Å². The number of rotatable bonds is 5. The number of fused-ring (bicyclic) bond motifs is 1. The highest BCUT2D eigenvalue weighted by Crippen LogP contribution is 2.31. The van der Waals surface area contributed by atoms with Crippen LogP contribution >= 0.6 is 22.7 Å². The Morgan fingerprint density at radius 1 is 1.16 bits per heavy atom. The van der Waals surface area contributed by atoms with Crippen molar-refractivity contribution >= 4 is 49.7 Å². The molecule has 2 aromatic heterocycles. The maximum Gasteiger partial charge on any atom is 0.350 e. The maximum atomic E-state index is 13.3. The lowest BCUT2D eigenvalue weighted by molar-refractivity contribution is 0.0605. The molecule has 31 heavy (non-hydrogen) atoms. The van der Waals surface area contributed by atoms with Gasteiger partial charge in [0.2, 0.25) is 10.0 Å². The lowest BCUT2D eigenvalue weighted by Crippen LogP contribution is -2.36. The van der Waals surface area contributed by atoms with Crippen molar-refractivity contribution in [3.8, 4) is 0 Å². The Hall–Kier alpha value is -2.60. The molecule has 1 N–H and O–H groups in total. The lowest BCUT2D eigenvalue weighted by Gasteiger charge is -2.28. The number of nitrogens with zero attached hydrogens (tertiary/aromatic N) is 2.